The third kappa shape index (κ3) is 2.85. The summed E-state index contributed by atoms with van der Waals surface area (Å²) in [5.74, 6) is 1.51. The maximum Gasteiger partial charge on any atom is 0.353 e. The van der Waals surface area contributed by atoms with Gasteiger partial charge in [0, 0.05) is 11.8 Å². The summed E-state index contributed by atoms with van der Waals surface area (Å²) in [4.78, 5) is 30.0. The van der Waals surface area contributed by atoms with E-state index in [0.717, 1.165) is 37.2 Å². The molecule has 2 heterocycles. The molecule has 2 fully saturated rings. The molecule has 21 heavy (non-hydrogen) atoms. The van der Waals surface area contributed by atoms with Crippen LogP contribution in [-0.2, 0) is 5.54 Å². The van der Waals surface area contributed by atoms with Crippen LogP contribution in [0.4, 0.5) is 4.79 Å². The smallest absolute Gasteiger partial charge is 0.353 e. The molecular formula is C13H18N4O3S. The Morgan fingerprint density at radius 1 is 1.48 bits per heavy atom. The van der Waals surface area contributed by atoms with E-state index >= 15 is 0 Å². The number of carboxylic acid groups (broad SMARTS) is 1. The highest BCUT2D eigenvalue weighted by atomic mass is 32.2. The Balaban J connectivity index is 1.67. The van der Waals surface area contributed by atoms with Gasteiger partial charge in [-0.3, -0.25) is 0 Å². The highest BCUT2D eigenvalue weighted by Gasteiger charge is 2.43. The average molecular weight is 310 g/mol. The van der Waals surface area contributed by atoms with Crippen LogP contribution in [-0.4, -0.2) is 44.6 Å². The Kier molecular flexibility index (Phi) is 3.79. The number of carbonyl (C=O) groups excluding carboxylic acids is 1. The van der Waals surface area contributed by atoms with Crippen molar-refractivity contribution in [2.24, 2.45) is 0 Å². The molecule has 1 aromatic heterocycles. The Hall–Kier alpha value is -1.70. The van der Waals surface area contributed by atoms with Crippen LogP contribution in [0.25, 0.3) is 0 Å². The molecule has 114 valence electrons. The van der Waals surface area contributed by atoms with E-state index in [9.17, 15) is 9.59 Å². The molecule has 0 aromatic carbocycles. The number of H-pyrrole nitrogens is 1. The molecule has 1 aromatic rings. The number of aromatic amines is 1. The molecule has 1 aliphatic heterocycles. The van der Waals surface area contributed by atoms with Crippen LogP contribution in [0.3, 0.4) is 0 Å². The predicted molar refractivity (Wildman–Crippen MR) is 78.5 cm³/mol. The minimum absolute atomic E-state index is 0.0469. The molecule has 0 radical (unpaired) electrons. The van der Waals surface area contributed by atoms with Crippen molar-refractivity contribution in [2.75, 3.05) is 11.5 Å². The van der Waals surface area contributed by atoms with E-state index in [1.54, 1.807) is 0 Å². The van der Waals surface area contributed by atoms with Gasteiger partial charge in [-0.05, 0) is 31.4 Å². The number of rotatable bonds is 4. The van der Waals surface area contributed by atoms with E-state index in [0.29, 0.717) is 5.82 Å². The highest BCUT2D eigenvalue weighted by Crippen LogP contribution is 2.39. The van der Waals surface area contributed by atoms with Crippen LogP contribution < -0.4 is 10.6 Å². The van der Waals surface area contributed by atoms with E-state index in [-0.39, 0.29) is 17.8 Å². The second-order valence-electron chi connectivity index (χ2n) is 5.55. The largest absolute Gasteiger partial charge is 0.477 e. The molecule has 7 nitrogen and oxygen atoms in total. The Morgan fingerprint density at radius 3 is 2.81 bits per heavy atom. The summed E-state index contributed by atoms with van der Waals surface area (Å²) in [6, 6.07) is 0.0220. The first-order valence-electron chi connectivity index (χ1n) is 7.04. The van der Waals surface area contributed by atoms with Crippen molar-refractivity contribution in [3.8, 4) is 0 Å². The van der Waals surface area contributed by atoms with E-state index in [4.69, 9.17) is 5.11 Å². The summed E-state index contributed by atoms with van der Waals surface area (Å²) in [6.07, 6.45) is 4.82. The lowest BCUT2D eigenvalue weighted by atomic mass is 9.76. The number of aromatic carboxylic acids is 1. The number of carboxylic acids is 1. The van der Waals surface area contributed by atoms with Crippen molar-refractivity contribution in [2.45, 2.75) is 37.3 Å². The van der Waals surface area contributed by atoms with E-state index < -0.39 is 11.5 Å². The van der Waals surface area contributed by atoms with Crippen molar-refractivity contribution in [1.82, 2.24) is 20.6 Å². The monoisotopic (exact) mass is 310 g/mol. The van der Waals surface area contributed by atoms with Gasteiger partial charge in [0.2, 0.25) is 0 Å². The van der Waals surface area contributed by atoms with Crippen LogP contribution in [0.15, 0.2) is 6.20 Å². The van der Waals surface area contributed by atoms with Gasteiger partial charge in [0.25, 0.3) is 0 Å². The molecular weight excluding hydrogens is 292 g/mol. The van der Waals surface area contributed by atoms with Crippen LogP contribution in [0, 0.1) is 0 Å². The Morgan fingerprint density at radius 2 is 2.29 bits per heavy atom. The molecule has 2 amide bonds. The van der Waals surface area contributed by atoms with Gasteiger partial charge in [0.05, 0.1) is 11.7 Å². The fourth-order valence-corrected chi connectivity index (χ4v) is 3.86. The zero-order chi connectivity index (χ0) is 14.9. The van der Waals surface area contributed by atoms with Crippen molar-refractivity contribution in [3.63, 3.8) is 0 Å². The molecule has 3 rings (SSSR count). The summed E-state index contributed by atoms with van der Waals surface area (Å²) in [6.45, 7) is 0. The molecule has 1 unspecified atom stereocenters. The molecule has 2 aliphatic rings. The SMILES string of the molecule is O=C(NC1CCSC1)NC1(c2ncc(C(=O)O)[nH]2)CCC1. The quantitative estimate of drug-likeness (QED) is 0.670. The van der Waals surface area contributed by atoms with Crippen molar-refractivity contribution in [3.05, 3.63) is 17.7 Å². The number of nitrogens with zero attached hydrogens (tertiary/aromatic N) is 1. The second kappa shape index (κ2) is 5.59. The number of carbonyl (C=O) groups is 2. The lowest BCUT2D eigenvalue weighted by Crippen LogP contribution is -2.56. The number of aromatic nitrogens is 2. The number of nitrogens with one attached hydrogen (secondary N) is 3. The van der Waals surface area contributed by atoms with Gasteiger partial charge in [-0.15, -0.1) is 0 Å². The Labute approximate surface area is 126 Å². The van der Waals surface area contributed by atoms with Crippen LogP contribution in [0.2, 0.25) is 0 Å². The van der Waals surface area contributed by atoms with E-state index in [1.807, 2.05) is 11.8 Å². The topological polar surface area (TPSA) is 107 Å². The minimum atomic E-state index is -1.05. The third-order valence-electron chi connectivity index (χ3n) is 4.08. The molecule has 8 heteroatoms. The molecule has 0 spiro atoms. The van der Waals surface area contributed by atoms with E-state index in [2.05, 4.69) is 20.6 Å². The molecule has 4 N–H and O–H groups in total. The highest BCUT2D eigenvalue weighted by molar-refractivity contribution is 7.99. The van der Waals surface area contributed by atoms with Gasteiger partial charge in [-0.25, -0.2) is 14.6 Å². The summed E-state index contributed by atoms with van der Waals surface area (Å²) in [7, 11) is 0. The fourth-order valence-electron chi connectivity index (χ4n) is 2.71. The standard InChI is InChI=1S/C13H18N4O3S/c18-10(19)9-6-14-11(16-9)13(3-1-4-13)17-12(20)15-8-2-5-21-7-8/h6,8H,1-5,7H2,(H,14,16)(H,18,19)(H2,15,17,20). The van der Waals surface area contributed by atoms with Gasteiger partial charge in [-0.1, -0.05) is 0 Å². The van der Waals surface area contributed by atoms with Gasteiger partial charge >= 0.3 is 12.0 Å². The zero-order valence-electron chi connectivity index (χ0n) is 11.5. The maximum atomic E-state index is 12.1. The maximum absolute atomic E-state index is 12.1. The van der Waals surface area contributed by atoms with Gasteiger partial charge in [-0.2, -0.15) is 11.8 Å². The predicted octanol–water partition coefficient (Wildman–Crippen LogP) is 1.29. The molecule has 1 saturated heterocycles. The molecule has 0 bridgehead atoms. The first-order chi connectivity index (χ1) is 10.1. The minimum Gasteiger partial charge on any atom is -0.477 e. The van der Waals surface area contributed by atoms with Gasteiger partial charge in [0.15, 0.2) is 0 Å². The zero-order valence-corrected chi connectivity index (χ0v) is 12.3. The van der Waals surface area contributed by atoms with Crippen molar-refractivity contribution < 1.29 is 14.7 Å². The van der Waals surface area contributed by atoms with Crippen LogP contribution in [0.5, 0.6) is 0 Å². The summed E-state index contributed by atoms with van der Waals surface area (Å²) < 4.78 is 0. The number of hydrogen-bond acceptors (Lipinski definition) is 4. The second-order valence-corrected chi connectivity index (χ2v) is 6.70. The number of urea groups is 1. The summed E-state index contributed by atoms with van der Waals surface area (Å²) >= 11 is 1.84. The first kappa shape index (κ1) is 14.2. The van der Waals surface area contributed by atoms with Crippen molar-refractivity contribution >= 4 is 23.8 Å². The average Bonchev–Trinajstić information content (AvgIpc) is 3.04. The molecule has 1 aliphatic carbocycles. The van der Waals surface area contributed by atoms with Gasteiger partial charge in [0.1, 0.15) is 11.5 Å². The first-order valence-corrected chi connectivity index (χ1v) is 8.20. The summed E-state index contributed by atoms with van der Waals surface area (Å²) in [5.41, 5.74) is -0.505. The Bertz CT molecular complexity index is 549. The number of hydrogen-bond donors (Lipinski definition) is 4. The van der Waals surface area contributed by atoms with E-state index in [1.165, 1.54) is 6.20 Å². The fraction of sp³-hybridized carbons (Fsp3) is 0.615. The number of amides is 2. The lowest BCUT2D eigenvalue weighted by Gasteiger charge is -2.40. The third-order valence-corrected chi connectivity index (χ3v) is 5.25. The van der Waals surface area contributed by atoms with Gasteiger partial charge < -0.3 is 20.7 Å². The van der Waals surface area contributed by atoms with Crippen molar-refractivity contribution in [1.29, 1.82) is 0 Å². The molecule has 1 saturated carbocycles. The molecule has 1 atom stereocenters. The normalized spacial score (nSPS) is 23.3. The van der Waals surface area contributed by atoms with Crippen LogP contribution >= 0.6 is 11.8 Å². The summed E-state index contributed by atoms with van der Waals surface area (Å²) in [5, 5.41) is 14.9. The van der Waals surface area contributed by atoms with Crippen LogP contribution in [0.1, 0.15) is 42.0 Å². The number of imidazole rings is 1. The number of thioether (sulfide) groups is 1. The lowest BCUT2D eigenvalue weighted by molar-refractivity contribution is 0.0690.